The number of para-hydroxylation sites is 1. The number of rotatable bonds is 4. The zero-order chi connectivity index (χ0) is 32.1. The average Bonchev–Trinajstić information content (AvgIpc) is 3.89. The monoisotopic (exact) mass is 719 g/mol. The summed E-state index contributed by atoms with van der Waals surface area (Å²) in [5, 5.41) is 3.74. The predicted molar refractivity (Wildman–Crippen MR) is 211 cm³/mol. The van der Waals surface area contributed by atoms with Gasteiger partial charge in [-0.1, -0.05) is 18.2 Å². The Hall–Kier alpha value is -3.70. The van der Waals surface area contributed by atoms with Crippen LogP contribution >= 0.6 is 68.0 Å². The van der Waals surface area contributed by atoms with Crippen molar-refractivity contribution in [3.8, 4) is 36.3 Å². The molecule has 0 radical (unpaired) electrons. The molecule has 0 aliphatic carbocycles. The van der Waals surface area contributed by atoms with E-state index in [1.165, 1.54) is 60.3 Å². The van der Waals surface area contributed by atoms with Crippen LogP contribution in [0.1, 0.15) is 19.5 Å². The maximum atomic E-state index is 14.3. The molecule has 0 N–H and O–H groups in total. The molecular weight excluding hydrogens is 695 g/mol. The van der Waals surface area contributed by atoms with Crippen LogP contribution in [0.3, 0.4) is 0 Å². The van der Waals surface area contributed by atoms with Crippen LogP contribution in [-0.2, 0) is 0 Å². The number of thiophene rings is 6. The zero-order valence-corrected chi connectivity index (χ0v) is 30.6. The third kappa shape index (κ3) is 4.59. The van der Waals surface area contributed by atoms with Gasteiger partial charge in [-0.25, -0.2) is 4.57 Å². The fraction of sp³-hybridized carbons (Fsp3) is 0.105. The number of aryl methyl sites for hydroxylation is 4. The van der Waals surface area contributed by atoms with Crippen molar-refractivity contribution in [2.45, 2.75) is 27.7 Å². The summed E-state index contributed by atoms with van der Waals surface area (Å²) in [7, 11) is 0. The van der Waals surface area contributed by atoms with Gasteiger partial charge in [-0.2, -0.15) is 0 Å². The summed E-state index contributed by atoms with van der Waals surface area (Å²) in [6.45, 7) is 8.57. The molecule has 0 spiro atoms. The van der Waals surface area contributed by atoms with Crippen molar-refractivity contribution in [1.29, 1.82) is 0 Å². The van der Waals surface area contributed by atoms with Crippen LogP contribution < -0.4 is 11.1 Å². The first-order valence-electron chi connectivity index (χ1n) is 15.1. The van der Waals surface area contributed by atoms with E-state index < -0.39 is 0 Å². The molecule has 0 fully saturated rings. The maximum absolute atomic E-state index is 14.3. The number of nitrogens with zero attached hydrogens (tertiary/aromatic N) is 1. The summed E-state index contributed by atoms with van der Waals surface area (Å²) < 4.78 is 5.71. The van der Waals surface area contributed by atoms with Crippen molar-refractivity contribution >= 4 is 108 Å². The number of fused-ring (bicyclic) bond motifs is 5. The lowest BCUT2D eigenvalue weighted by Crippen LogP contribution is -2.28. The largest absolute Gasteiger partial charge is 0.268 e. The Morgan fingerprint density at radius 2 is 0.894 bits per heavy atom. The standard InChI is InChI=1S/C38H25NO2S6/c1-18-10-12-27(42-18)31-23-14-20(3)44-33(23)32(28-13-11-19(2)43-28)24-16-29(46-34(24)31)30-17-26-36(47-30)35-25(15-21(4)45-35)37(40)39(38(26)41)22-8-6-5-7-9-22/h5-17H,1-4H3. The van der Waals surface area contributed by atoms with Crippen LogP contribution in [0.25, 0.3) is 76.7 Å². The number of hydrogen-bond acceptors (Lipinski definition) is 8. The van der Waals surface area contributed by atoms with Gasteiger partial charge >= 0.3 is 0 Å². The molecule has 47 heavy (non-hydrogen) atoms. The molecular formula is C38H25NO2S6. The predicted octanol–water partition coefficient (Wildman–Crippen LogP) is 12.4. The molecule has 0 atom stereocenters. The lowest BCUT2D eigenvalue weighted by molar-refractivity contribution is 0.976. The Bertz CT molecular complexity index is 2740. The van der Waals surface area contributed by atoms with Gasteiger partial charge in [0.25, 0.3) is 11.1 Å². The molecule has 0 amide bonds. The van der Waals surface area contributed by atoms with Gasteiger partial charge in [0.05, 0.1) is 25.9 Å². The van der Waals surface area contributed by atoms with E-state index in [-0.39, 0.29) is 11.1 Å². The van der Waals surface area contributed by atoms with Gasteiger partial charge in [0, 0.05) is 70.3 Å². The number of benzene rings is 2. The minimum atomic E-state index is -0.277. The average molecular weight is 720 g/mol. The van der Waals surface area contributed by atoms with Crippen molar-refractivity contribution in [2.75, 3.05) is 0 Å². The quantitative estimate of drug-likeness (QED) is 0.182. The first kappa shape index (κ1) is 29.4. The first-order valence-corrected chi connectivity index (χ1v) is 20.0. The molecule has 9 aromatic rings. The van der Waals surface area contributed by atoms with Crippen LogP contribution in [-0.4, -0.2) is 4.57 Å². The lowest BCUT2D eigenvalue weighted by Gasteiger charge is -2.09. The summed E-state index contributed by atoms with van der Waals surface area (Å²) in [4.78, 5) is 37.9. The highest BCUT2D eigenvalue weighted by molar-refractivity contribution is 7.32. The van der Waals surface area contributed by atoms with Gasteiger partial charge in [-0.3, -0.25) is 9.59 Å². The van der Waals surface area contributed by atoms with Gasteiger partial charge in [-0.05, 0) is 88.4 Å². The van der Waals surface area contributed by atoms with Crippen molar-refractivity contribution in [2.24, 2.45) is 0 Å². The van der Waals surface area contributed by atoms with Gasteiger partial charge in [-0.15, -0.1) is 68.0 Å². The topological polar surface area (TPSA) is 39.1 Å². The summed E-state index contributed by atoms with van der Waals surface area (Å²) in [5.74, 6) is 0. The molecule has 9 rings (SSSR count). The summed E-state index contributed by atoms with van der Waals surface area (Å²) in [6, 6.07) is 26.9. The Morgan fingerprint density at radius 3 is 1.49 bits per heavy atom. The van der Waals surface area contributed by atoms with Crippen LogP contribution in [0.2, 0.25) is 0 Å². The van der Waals surface area contributed by atoms with Gasteiger partial charge in [0.1, 0.15) is 0 Å². The third-order valence-electron chi connectivity index (χ3n) is 8.47. The van der Waals surface area contributed by atoms with E-state index in [1.54, 1.807) is 22.7 Å². The van der Waals surface area contributed by atoms with E-state index in [2.05, 4.69) is 57.2 Å². The normalized spacial score (nSPS) is 12.0. The summed E-state index contributed by atoms with van der Waals surface area (Å²) in [5.41, 5.74) is 2.65. The molecule has 0 unspecified atom stereocenters. The third-order valence-corrected chi connectivity index (χ3v) is 15.3. The highest BCUT2D eigenvalue weighted by Gasteiger charge is 2.24. The van der Waals surface area contributed by atoms with Gasteiger partial charge in [0.2, 0.25) is 0 Å². The molecule has 7 aromatic heterocycles. The van der Waals surface area contributed by atoms with E-state index >= 15 is 0 Å². The van der Waals surface area contributed by atoms with Crippen molar-refractivity contribution in [1.82, 2.24) is 4.57 Å². The smallest absolute Gasteiger partial charge is 0.266 e. The number of hydrogen-bond donors (Lipinski definition) is 0. The SMILES string of the molecule is Cc1ccc(-c2c3cc(-c4cc5c(=O)n(-c6ccccc6)c(=O)c6cc(C)sc6c5s4)sc3c(-c3ccc(C)s3)c3cc(C)sc23)s1. The second kappa shape index (κ2) is 10.9. The molecule has 2 aromatic carbocycles. The molecule has 230 valence electrons. The Balaban J connectivity index is 1.39. The van der Waals surface area contributed by atoms with Crippen molar-refractivity contribution in [3.05, 3.63) is 119 Å². The van der Waals surface area contributed by atoms with E-state index in [0.717, 1.165) is 24.0 Å². The zero-order valence-electron chi connectivity index (χ0n) is 25.7. The fourth-order valence-corrected chi connectivity index (χ4v) is 13.2. The first-order chi connectivity index (χ1) is 22.7. The Morgan fingerprint density at radius 1 is 0.426 bits per heavy atom. The Kier molecular flexibility index (Phi) is 6.84. The highest BCUT2D eigenvalue weighted by atomic mass is 32.1. The molecule has 0 aliphatic rings. The molecule has 0 bridgehead atoms. The highest BCUT2D eigenvalue weighted by Crippen LogP contribution is 2.53. The lowest BCUT2D eigenvalue weighted by atomic mass is 9.99. The molecule has 7 heterocycles. The van der Waals surface area contributed by atoms with Crippen molar-refractivity contribution in [3.63, 3.8) is 0 Å². The van der Waals surface area contributed by atoms with Crippen LogP contribution in [0.15, 0.2) is 88.5 Å². The summed E-state index contributed by atoms with van der Waals surface area (Å²) >= 11 is 10.6. The second-order valence-electron chi connectivity index (χ2n) is 11.8. The van der Waals surface area contributed by atoms with Crippen LogP contribution in [0.4, 0.5) is 0 Å². The molecule has 0 saturated heterocycles. The minimum absolute atomic E-state index is 0.269. The molecule has 3 nitrogen and oxygen atoms in total. The second-order valence-corrected chi connectivity index (χ2v) is 19.0. The molecule has 0 saturated carbocycles. The van der Waals surface area contributed by atoms with Gasteiger partial charge in [0.15, 0.2) is 0 Å². The molecule has 9 heteroatoms. The summed E-state index contributed by atoms with van der Waals surface area (Å²) in [6.07, 6.45) is 0. The van der Waals surface area contributed by atoms with Crippen LogP contribution in [0, 0.1) is 27.7 Å². The molecule has 0 aliphatic heterocycles. The van der Waals surface area contributed by atoms with Gasteiger partial charge < -0.3 is 0 Å². The van der Waals surface area contributed by atoms with E-state index in [4.69, 9.17) is 0 Å². The van der Waals surface area contributed by atoms with Crippen LogP contribution in [0.5, 0.6) is 0 Å². The Labute approximate surface area is 293 Å². The maximum Gasteiger partial charge on any atom is 0.266 e. The fourth-order valence-electron chi connectivity index (χ4n) is 6.47. The van der Waals surface area contributed by atoms with E-state index in [0.29, 0.717) is 16.5 Å². The van der Waals surface area contributed by atoms with E-state index in [1.807, 2.05) is 94.7 Å². The number of aromatic nitrogens is 1. The van der Waals surface area contributed by atoms with E-state index in [9.17, 15) is 9.59 Å². The minimum Gasteiger partial charge on any atom is -0.268 e. The van der Waals surface area contributed by atoms with Crippen molar-refractivity contribution < 1.29 is 0 Å².